The van der Waals surface area contributed by atoms with Gasteiger partial charge in [0.25, 0.3) is 5.91 Å². The Hall–Kier alpha value is -2.75. The van der Waals surface area contributed by atoms with Crippen molar-refractivity contribution in [3.63, 3.8) is 0 Å². The first kappa shape index (κ1) is 13.2. The minimum Gasteiger partial charge on any atom is -0.320 e. The Morgan fingerprint density at radius 1 is 1.10 bits per heavy atom. The van der Waals surface area contributed by atoms with Gasteiger partial charge in [-0.25, -0.2) is 4.39 Å². The van der Waals surface area contributed by atoms with Crippen LogP contribution < -0.4 is 5.32 Å². The quantitative estimate of drug-likeness (QED) is 0.772. The number of aryl methyl sites for hydroxylation is 1. The molecule has 104 valence electrons. The smallest absolute Gasteiger partial charge is 0.255 e. The number of fused-ring (bicyclic) bond motifs is 1. The van der Waals surface area contributed by atoms with Gasteiger partial charge in [-0.05, 0) is 42.8 Å². The molecule has 0 fully saturated rings. The van der Waals surface area contributed by atoms with Gasteiger partial charge in [0, 0.05) is 17.1 Å². The second-order valence-electron chi connectivity index (χ2n) is 4.79. The molecule has 0 atom stereocenters. The van der Waals surface area contributed by atoms with Crippen molar-refractivity contribution in [1.82, 2.24) is 4.98 Å². The first-order valence-corrected chi connectivity index (χ1v) is 6.56. The van der Waals surface area contributed by atoms with E-state index in [4.69, 9.17) is 0 Å². The molecule has 1 heterocycles. The van der Waals surface area contributed by atoms with Gasteiger partial charge < -0.3 is 5.32 Å². The maximum Gasteiger partial charge on any atom is 0.255 e. The third-order valence-electron chi connectivity index (χ3n) is 3.33. The Labute approximate surface area is 121 Å². The maximum absolute atomic E-state index is 12.9. The number of hydrogen-bond donors (Lipinski definition) is 1. The van der Waals surface area contributed by atoms with Crippen molar-refractivity contribution in [3.8, 4) is 0 Å². The molecule has 0 radical (unpaired) electrons. The SMILES string of the molecule is Cc1ccc2cccnc2c1NC(=O)c1ccc(F)cc1. The number of benzene rings is 2. The van der Waals surface area contributed by atoms with E-state index in [1.165, 1.54) is 24.3 Å². The van der Waals surface area contributed by atoms with Crippen molar-refractivity contribution < 1.29 is 9.18 Å². The topological polar surface area (TPSA) is 42.0 Å². The summed E-state index contributed by atoms with van der Waals surface area (Å²) < 4.78 is 12.9. The molecule has 1 N–H and O–H groups in total. The van der Waals surface area contributed by atoms with Gasteiger partial charge in [0.15, 0.2) is 0 Å². The summed E-state index contributed by atoms with van der Waals surface area (Å²) in [7, 11) is 0. The van der Waals surface area contributed by atoms with Crippen LogP contribution in [-0.2, 0) is 0 Å². The Morgan fingerprint density at radius 2 is 1.86 bits per heavy atom. The van der Waals surface area contributed by atoms with Gasteiger partial charge in [-0.3, -0.25) is 9.78 Å². The first-order valence-electron chi connectivity index (χ1n) is 6.56. The lowest BCUT2D eigenvalue weighted by molar-refractivity contribution is 0.102. The van der Waals surface area contributed by atoms with Crippen molar-refractivity contribution in [2.45, 2.75) is 6.92 Å². The molecular weight excluding hydrogens is 267 g/mol. The van der Waals surface area contributed by atoms with Gasteiger partial charge in [-0.2, -0.15) is 0 Å². The van der Waals surface area contributed by atoms with E-state index >= 15 is 0 Å². The Balaban J connectivity index is 1.99. The lowest BCUT2D eigenvalue weighted by Gasteiger charge is -2.11. The van der Waals surface area contributed by atoms with Gasteiger partial charge in [-0.15, -0.1) is 0 Å². The van der Waals surface area contributed by atoms with Crippen molar-refractivity contribution >= 4 is 22.5 Å². The normalized spacial score (nSPS) is 10.6. The van der Waals surface area contributed by atoms with Gasteiger partial charge in [0.1, 0.15) is 5.82 Å². The highest BCUT2D eigenvalue weighted by Crippen LogP contribution is 2.25. The van der Waals surface area contributed by atoms with Crippen molar-refractivity contribution in [2.24, 2.45) is 0 Å². The zero-order valence-electron chi connectivity index (χ0n) is 11.4. The van der Waals surface area contributed by atoms with Gasteiger partial charge in [-0.1, -0.05) is 18.2 Å². The minimum absolute atomic E-state index is 0.281. The number of rotatable bonds is 2. The van der Waals surface area contributed by atoms with Crippen LogP contribution >= 0.6 is 0 Å². The highest BCUT2D eigenvalue weighted by atomic mass is 19.1. The number of nitrogens with zero attached hydrogens (tertiary/aromatic N) is 1. The molecule has 3 rings (SSSR count). The molecule has 4 heteroatoms. The molecule has 3 nitrogen and oxygen atoms in total. The average molecular weight is 280 g/mol. The average Bonchev–Trinajstić information content (AvgIpc) is 2.51. The lowest BCUT2D eigenvalue weighted by Crippen LogP contribution is -2.13. The largest absolute Gasteiger partial charge is 0.320 e. The Bertz CT molecular complexity index is 813. The molecule has 3 aromatic rings. The molecule has 0 aliphatic rings. The van der Waals surface area contributed by atoms with Crippen molar-refractivity contribution in [2.75, 3.05) is 5.32 Å². The second kappa shape index (κ2) is 5.32. The first-order chi connectivity index (χ1) is 10.1. The van der Waals surface area contributed by atoms with E-state index in [2.05, 4.69) is 10.3 Å². The zero-order chi connectivity index (χ0) is 14.8. The number of anilines is 1. The molecule has 0 aliphatic heterocycles. The Kier molecular flexibility index (Phi) is 3.36. The van der Waals surface area contributed by atoms with Gasteiger partial charge >= 0.3 is 0 Å². The summed E-state index contributed by atoms with van der Waals surface area (Å²) in [4.78, 5) is 16.6. The summed E-state index contributed by atoms with van der Waals surface area (Å²) in [5.41, 5.74) is 2.76. The second-order valence-corrected chi connectivity index (χ2v) is 4.79. The monoisotopic (exact) mass is 280 g/mol. The summed E-state index contributed by atoms with van der Waals surface area (Å²) in [5.74, 6) is -0.647. The van der Waals surface area contributed by atoms with Gasteiger partial charge in [0.05, 0.1) is 11.2 Å². The minimum atomic E-state index is -0.366. The molecule has 1 aromatic heterocycles. The van der Waals surface area contributed by atoms with Crippen LogP contribution in [0.2, 0.25) is 0 Å². The number of carbonyl (C=O) groups excluding carboxylic acids is 1. The van der Waals surface area contributed by atoms with Crippen LogP contribution in [0.25, 0.3) is 10.9 Å². The predicted octanol–water partition coefficient (Wildman–Crippen LogP) is 3.93. The van der Waals surface area contributed by atoms with Gasteiger partial charge in [0.2, 0.25) is 0 Å². The molecule has 1 amide bonds. The predicted molar refractivity (Wildman–Crippen MR) is 80.8 cm³/mol. The highest BCUT2D eigenvalue weighted by Gasteiger charge is 2.11. The van der Waals surface area contributed by atoms with E-state index < -0.39 is 0 Å². The van der Waals surface area contributed by atoms with Crippen LogP contribution in [0.15, 0.2) is 54.7 Å². The number of carbonyl (C=O) groups is 1. The van der Waals surface area contributed by atoms with Crippen molar-refractivity contribution in [1.29, 1.82) is 0 Å². The fourth-order valence-corrected chi connectivity index (χ4v) is 2.19. The van der Waals surface area contributed by atoms with Crippen LogP contribution in [0.1, 0.15) is 15.9 Å². The molecule has 0 aliphatic carbocycles. The van der Waals surface area contributed by atoms with Crippen LogP contribution in [0.3, 0.4) is 0 Å². The summed E-state index contributed by atoms with van der Waals surface area (Å²) in [5, 5.41) is 3.82. The van der Waals surface area contributed by atoms with Crippen LogP contribution in [0.5, 0.6) is 0 Å². The highest BCUT2D eigenvalue weighted by molar-refractivity contribution is 6.09. The fraction of sp³-hybridized carbons (Fsp3) is 0.0588. The van der Waals surface area contributed by atoms with E-state index in [9.17, 15) is 9.18 Å². The lowest BCUT2D eigenvalue weighted by atomic mass is 10.1. The molecule has 0 saturated carbocycles. The molecule has 2 aromatic carbocycles. The van der Waals surface area contributed by atoms with Crippen LogP contribution in [-0.4, -0.2) is 10.9 Å². The third kappa shape index (κ3) is 2.60. The number of hydrogen-bond acceptors (Lipinski definition) is 2. The maximum atomic E-state index is 12.9. The molecule has 0 unspecified atom stereocenters. The number of aromatic nitrogens is 1. The number of nitrogens with one attached hydrogen (secondary N) is 1. The summed E-state index contributed by atoms with van der Waals surface area (Å²) in [6.07, 6.45) is 1.69. The van der Waals surface area contributed by atoms with Crippen molar-refractivity contribution in [3.05, 3.63) is 71.7 Å². The molecule has 0 bridgehead atoms. The standard InChI is InChI=1S/C17H13FN2O/c1-11-4-5-12-3-2-10-19-16(12)15(11)20-17(21)13-6-8-14(18)9-7-13/h2-10H,1H3,(H,20,21). The molecule has 21 heavy (non-hydrogen) atoms. The Morgan fingerprint density at radius 3 is 2.62 bits per heavy atom. The van der Waals surface area contributed by atoms with Crippen LogP contribution in [0, 0.1) is 12.7 Å². The van der Waals surface area contributed by atoms with E-state index in [1.807, 2.05) is 31.2 Å². The van der Waals surface area contributed by atoms with Crippen LogP contribution in [0.4, 0.5) is 10.1 Å². The molecular formula is C17H13FN2O. The zero-order valence-corrected chi connectivity index (χ0v) is 11.4. The van der Waals surface area contributed by atoms with E-state index in [0.717, 1.165) is 16.5 Å². The summed E-state index contributed by atoms with van der Waals surface area (Å²) in [6, 6.07) is 13.1. The third-order valence-corrected chi connectivity index (χ3v) is 3.33. The molecule has 0 spiro atoms. The summed E-state index contributed by atoms with van der Waals surface area (Å²) in [6.45, 7) is 1.91. The molecule has 0 saturated heterocycles. The number of pyridine rings is 1. The number of halogens is 1. The number of amides is 1. The van der Waals surface area contributed by atoms with E-state index in [1.54, 1.807) is 6.20 Å². The van der Waals surface area contributed by atoms with E-state index in [0.29, 0.717) is 11.3 Å². The van der Waals surface area contributed by atoms with E-state index in [-0.39, 0.29) is 11.7 Å². The summed E-state index contributed by atoms with van der Waals surface area (Å²) >= 11 is 0. The fourth-order valence-electron chi connectivity index (χ4n) is 2.19.